The minimum absolute atomic E-state index is 0.0822. The molecule has 1 atom stereocenters. The van der Waals surface area contributed by atoms with E-state index in [4.69, 9.17) is 0 Å². The number of rotatable bonds is 6. The maximum absolute atomic E-state index is 14.3. The summed E-state index contributed by atoms with van der Waals surface area (Å²) in [7, 11) is -4.20. The van der Waals surface area contributed by atoms with Crippen LogP contribution in [0.15, 0.2) is 42.6 Å². The number of nitrogens with zero attached hydrogens (tertiary/aromatic N) is 1. The molecule has 1 aliphatic carbocycles. The van der Waals surface area contributed by atoms with Crippen LogP contribution in [0.5, 0.6) is 0 Å². The third-order valence-electron chi connectivity index (χ3n) is 6.38. The van der Waals surface area contributed by atoms with Crippen molar-refractivity contribution in [3.05, 3.63) is 59.3 Å². The molecule has 0 aliphatic heterocycles. The maximum Gasteiger partial charge on any atom is 0.417 e. The van der Waals surface area contributed by atoms with Crippen LogP contribution >= 0.6 is 0 Å². The van der Waals surface area contributed by atoms with E-state index < -0.39 is 44.6 Å². The molecule has 0 radical (unpaired) electrons. The van der Waals surface area contributed by atoms with E-state index in [-0.39, 0.29) is 28.6 Å². The van der Waals surface area contributed by atoms with Crippen LogP contribution in [0.4, 0.5) is 26.3 Å². The molecule has 1 N–H and O–H groups in total. The van der Waals surface area contributed by atoms with E-state index >= 15 is 0 Å². The summed E-state index contributed by atoms with van der Waals surface area (Å²) in [6.07, 6.45) is -7.69. The third-order valence-corrected chi connectivity index (χ3v) is 8.29. The van der Waals surface area contributed by atoms with Gasteiger partial charge < -0.3 is 4.57 Å². The Hall–Kier alpha value is -2.53. The zero-order chi connectivity index (χ0) is 27.6. The van der Waals surface area contributed by atoms with Gasteiger partial charge in [0, 0.05) is 23.7 Å². The highest BCUT2D eigenvalue weighted by Crippen LogP contribution is 2.44. The summed E-state index contributed by atoms with van der Waals surface area (Å²) in [4.78, 5) is 0. The molecule has 4 nitrogen and oxygen atoms in total. The Bertz CT molecular complexity index is 1430. The highest BCUT2D eigenvalue weighted by Gasteiger charge is 2.48. The number of benzene rings is 2. The minimum Gasteiger partial charge on any atom is -0.346 e. The normalized spacial score (nSPS) is 16.4. The lowest BCUT2D eigenvalue weighted by Crippen LogP contribution is -2.39. The van der Waals surface area contributed by atoms with E-state index in [1.54, 1.807) is 11.5 Å². The lowest BCUT2D eigenvalue weighted by atomic mass is 9.92. The molecule has 37 heavy (non-hydrogen) atoms. The molecule has 1 heterocycles. The van der Waals surface area contributed by atoms with Gasteiger partial charge in [-0.15, -0.1) is 0 Å². The summed E-state index contributed by atoms with van der Waals surface area (Å²) < 4.78 is 113. The Morgan fingerprint density at radius 3 is 2.14 bits per heavy atom. The van der Waals surface area contributed by atoms with Gasteiger partial charge in [0.1, 0.15) is 6.04 Å². The number of hydrogen-bond acceptors (Lipinski definition) is 2. The quantitative estimate of drug-likeness (QED) is 0.328. The molecule has 1 fully saturated rings. The maximum atomic E-state index is 14.3. The van der Waals surface area contributed by atoms with Gasteiger partial charge in [-0.25, -0.2) is 8.42 Å². The van der Waals surface area contributed by atoms with E-state index in [1.165, 1.54) is 36.5 Å². The van der Waals surface area contributed by atoms with Crippen LogP contribution in [-0.4, -0.2) is 24.4 Å². The Morgan fingerprint density at radius 2 is 1.59 bits per heavy atom. The Kier molecular flexibility index (Phi) is 6.72. The molecule has 2 aromatic carbocycles. The topological polar surface area (TPSA) is 51.1 Å². The summed E-state index contributed by atoms with van der Waals surface area (Å²) in [6, 6.07) is 5.28. The zero-order valence-corrected chi connectivity index (χ0v) is 21.6. The molecule has 1 aliphatic rings. The molecule has 11 heteroatoms. The average molecular weight is 547 g/mol. The molecule has 0 amide bonds. The second kappa shape index (κ2) is 9.04. The van der Waals surface area contributed by atoms with Crippen LogP contribution in [0.25, 0.3) is 22.0 Å². The lowest BCUT2D eigenvalue weighted by Gasteiger charge is -2.22. The van der Waals surface area contributed by atoms with Crippen molar-refractivity contribution in [2.75, 3.05) is 0 Å². The molecule has 0 bridgehead atoms. The van der Waals surface area contributed by atoms with E-state index in [1.807, 2.05) is 25.5 Å². The van der Waals surface area contributed by atoms with Crippen molar-refractivity contribution in [3.63, 3.8) is 0 Å². The van der Waals surface area contributed by atoms with Gasteiger partial charge in [-0.1, -0.05) is 51.1 Å². The number of aryl methyl sites for hydroxylation is 1. The van der Waals surface area contributed by atoms with Gasteiger partial charge in [0.05, 0.1) is 16.3 Å². The molecular formula is C26H28F6N2O2S. The molecule has 1 unspecified atom stereocenters. The van der Waals surface area contributed by atoms with Crippen LogP contribution in [0.3, 0.4) is 0 Å². The zero-order valence-electron chi connectivity index (χ0n) is 20.8. The first-order chi connectivity index (χ1) is 16.9. The first-order valence-corrected chi connectivity index (χ1v) is 13.3. The average Bonchev–Trinajstić information content (AvgIpc) is 3.54. The second-order valence-electron chi connectivity index (χ2n) is 10.8. The van der Waals surface area contributed by atoms with E-state index in [0.29, 0.717) is 23.9 Å². The van der Waals surface area contributed by atoms with E-state index in [9.17, 15) is 34.8 Å². The number of alkyl halides is 6. The number of hydrogen-bond donors (Lipinski definition) is 1. The standard InChI is InChI=1S/C26H28F6N2O2S/c1-15-17(18-7-5-6-8-21(18)25(27,28)29)11-12-19-20(13-34(22(15)19)14-24(2,3)4)23(26(30,31)32)33-37(35,36)16-9-10-16/h5-8,11-13,16,23,33H,9-10,14H2,1-4H3. The highest BCUT2D eigenvalue weighted by atomic mass is 32.2. The van der Waals surface area contributed by atoms with Gasteiger partial charge >= 0.3 is 12.4 Å². The monoisotopic (exact) mass is 546 g/mol. The van der Waals surface area contributed by atoms with Gasteiger partial charge in [0.15, 0.2) is 0 Å². The number of halogens is 6. The molecule has 1 aromatic heterocycles. The highest BCUT2D eigenvalue weighted by molar-refractivity contribution is 7.90. The fraction of sp³-hybridized carbons (Fsp3) is 0.462. The molecular weight excluding hydrogens is 518 g/mol. The third kappa shape index (κ3) is 5.67. The Balaban J connectivity index is 1.97. The molecule has 4 rings (SSSR count). The van der Waals surface area contributed by atoms with Crippen LogP contribution in [0.1, 0.15) is 56.3 Å². The molecule has 0 spiro atoms. The first kappa shape index (κ1) is 27.5. The van der Waals surface area contributed by atoms with Crippen molar-refractivity contribution in [2.24, 2.45) is 5.41 Å². The largest absolute Gasteiger partial charge is 0.417 e. The lowest BCUT2D eigenvalue weighted by molar-refractivity contribution is -0.152. The number of fused-ring (bicyclic) bond motifs is 1. The summed E-state index contributed by atoms with van der Waals surface area (Å²) in [5.41, 5.74) is -0.665. The summed E-state index contributed by atoms with van der Waals surface area (Å²) in [6.45, 7) is 7.48. The van der Waals surface area contributed by atoms with Crippen molar-refractivity contribution in [1.82, 2.24) is 9.29 Å². The van der Waals surface area contributed by atoms with Gasteiger partial charge in [0.2, 0.25) is 10.0 Å². The van der Waals surface area contributed by atoms with Gasteiger partial charge in [-0.05, 0) is 47.9 Å². The number of sulfonamides is 1. The molecule has 3 aromatic rings. The Labute approximate surface area is 211 Å². The summed E-state index contributed by atoms with van der Waals surface area (Å²) in [5.74, 6) is 0. The number of nitrogens with one attached hydrogen (secondary N) is 1. The second-order valence-corrected chi connectivity index (χ2v) is 12.8. The van der Waals surface area contributed by atoms with Crippen LogP contribution in [0, 0.1) is 12.3 Å². The van der Waals surface area contributed by atoms with Crippen LogP contribution in [-0.2, 0) is 22.7 Å². The van der Waals surface area contributed by atoms with Crippen molar-refractivity contribution in [1.29, 1.82) is 0 Å². The summed E-state index contributed by atoms with van der Waals surface area (Å²) in [5, 5.41) is -0.719. The first-order valence-electron chi connectivity index (χ1n) is 11.8. The number of aromatic nitrogens is 1. The van der Waals surface area contributed by atoms with E-state index in [0.717, 1.165) is 6.07 Å². The molecule has 0 saturated heterocycles. The predicted octanol–water partition coefficient (Wildman–Crippen LogP) is 7.37. The van der Waals surface area contributed by atoms with Crippen LogP contribution < -0.4 is 4.72 Å². The van der Waals surface area contributed by atoms with Crippen molar-refractivity contribution >= 4 is 20.9 Å². The Morgan fingerprint density at radius 1 is 0.973 bits per heavy atom. The molecule has 202 valence electrons. The predicted molar refractivity (Wildman–Crippen MR) is 130 cm³/mol. The smallest absolute Gasteiger partial charge is 0.346 e. The fourth-order valence-electron chi connectivity index (χ4n) is 4.67. The SMILES string of the molecule is Cc1c(-c2ccccc2C(F)(F)F)ccc2c(C(NS(=O)(=O)C3CC3)C(F)(F)F)cn(CC(C)(C)C)c12. The minimum atomic E-state index is -4.93. The molecule has 1 saturated carbocycles. The van der Waals surface area contributed by atoms with Gasteiger partial charge in [0.25, 0.3) is 0 Å². The van der Waals surface area contributed by atoms with Gasteiger partial charge in [-0.2, -0.15) is 31.1 Å². The van der Waals surface area contributed by atoms with Gasteiger partial charge in [-0.3, -0.25) is 0 Å². The van der Waals surface area contributed by atoms with Crippen molar-refractivity contribution in [3.8, 4) is 11.1 Å². The van der Waals surface area contributed by atoms with Crippen molar-refractivity contribution < 1.29 is 34.8 Å². The van der Waals surface area contributed by atoms with E-state index in [2.05, 4.69) is 0 Å². The fourth-order valence-corrected chi connectivity index (χ4v) is 6.21. The van der Waals surface area contributed by atoms with Crippen molar-refractivity contribution in [2.45, 2.75) is 70.7 Å². The summed E-state index contributed by atoms with van der Waals surface area (Å²) >= 11 is 0. The van der Waals surface area contributed by atoms with Crippen LogP contribution in [0.2, 0.25) is 0 Å².